The molecule has 0 aromatic heterocycles. The zero-order valence-corrected chi connectivity index (χ0v) is 10.4. The van der Waals surface area contributed by atoms with Gasteiger partial charge in [0.25, 0.3) is 5.91 Å². The van der Waals surface area contributed by atoms with Gasteiger partial charge in [0.05, 0.1) is 0 Å². The molecule has 0 radical (unpaired) electrons. The van der Waals surface area contributed by atoms with E-state index in [1.165, 1.54) is 4.90 Å². The molecule has 1 aliphatic rings. The van der Waals surface area contributed by atoms with Crippen molar-refractivity contribution in [3.8, 4) is 0 Å². The van der Waals surface area contributed by atoms with Crippen molar-refractivity contribution in [3.63, 3.8) is 0 Å². The lowest BCUT2D eigenvalue weighted by Crippen LogP contribution is -2.25. The number of carbonyl (C=O) groups is 1. The van der Waals surface area contributed by atoms with Gasteiger partial charge in [-0.15, -0.1) is 0 Å². The first-order valence-corrected chi connectivity index (χ1v) is 5.69. The predicted octanol–water partition coefficient (Wildman–Crippen LogP) is 3.06. The van der Waals surface area contributed by atoms with E-state index in [2.05, 4.69) is 5.87 Å². The number of nitrogens with zero attached hydrogens (tertiary/aromatic N) is 1. The summed E-state index contributed by atoms with van der Waals surface area (Å²) in [7, 11) is 0. The van der Waals surface area contributed by atoms with E-state index in [0.29, 0.717) is 5.70 Å². The van der Waals surface area contributed by atoms with Gasteiger partial charge in [-0.3, -0.25) is 15.1 Å². The third kappa shape index (κ3) is 2.17. The molecule has 0 spiro atoms. The molecule has 0 saturated heterocycles. The second kappa shape index (κ2) is 4.86. The van der Waals surface area contributed by atoms with Crippen molar-refractivity contribution >= 4 is 23.6 Å². The third-order valence-electron chi connectivity index (χ3n) is 2.63. The Hall–Kier alpha value is -2.38. The first-order chi connectivity index (χ1) is 8.63. The van der Waals surface area contributed by atoms with Gasteiger partial charge in [0.2, 0.25) is 0 Å². The second-order valence-corrected chi connectivity index (χ2v) is 4.31. The lowest BCUT2D eigenvalue weighted by Gasteiger charge is -2.23. The molecule has 1 amide bonds. The van der Waals surface area contributed by atoms with Crippen LogP contribution >= 0.6 is 0 Å². The highest BCUT2D eigenvalue weighted by Crippen LogP contribution is 2.27. The quantitative estimate of drug-likeness (QED) is 0.593. The van der Waals surface area contributed by atoms with E-state index in [4.69, 9.17) is 5.41 Å². The van der Waals surface area contributed by atoms with Crippen LogP contribution in [-0.4, -0.2) is 16.7 Å². The van der Waals surface area contributed by atoms with Crippen LogP contribution in [0.4, 0.5) is 0 Å². The van der Waals surface area contributed by atoms with Crippen molar-refractivity contribution in [2.24, 2.45) is 0 Å². The van der Waals surface area contributed by atoms with E-state index in [9.17, 15) is 4.79 Å². The molecule has 0 saturated carbocycles. The van der Waals surface area contributed by atoms with Gasteiger partial charge in [0, 0.05) is 23.7 Å². The van der Waals surface area contributed by atoms with E-state index < -0.39 is 0 Å². The Bertz CT molecular complexity index is 601. The summed E-state index contributed by atoms with van der Waals surface area (Å²) in [4.78, 5) is 13.5. The van der Waals surface area contributed by atoms with E-state index in [0.717, 1.165) is 16.7 Å². The highest BCUT2D eigenvalue weighted by atomic mass is 16.2. The average molecular weight is 238 g/mol. The van der Waals surface area contributed by atoms with Crippen LogP contribution in [0.1, 0.15) is 25.0 Å². The summed E-state index contributed by atoms with van der Waals surface area (Å²) in [6, 6.07) is 7.65. The SMILES string of the molecule is CC(C)=CC(=O)N1C=Cc2ccccc2C1=C=N. The minimum Gasteiger partial charge on any atom is -0.275 e. The fourth-order valence-electron chi connectivity index (χ4n) is 1.84. The van der Waals surface area contributed by atoms with Crippen LogP contribution in [0, 0.1) is 5.41 Å². The minimum absolute atomic E-state index is 0.157. The summed E-state index contributed by atoms with van der Waals surface area (Å²) < 4.78 is 0. The lowest BCUT2D eigenvalue weighted by molar-refractivity contribution is -0.121. The first kappa shape index (κ1) is 12.1. The molecule has 2 rings (SSSR count). The molecule has 0 atom stereocenters. The Morgan fingerprint density at radius 1 is 1.33 bits per heavy atom. The van der Waals surface area contributed by atoms with Crippen LogP contribution in [0.25, 0.3) is 11.8 Å². The second-order valence-electron chi connectivity index (χ2n) is 4.31. The Balaban J connectivity index is 2.47. The number of carbonyl (C=O) groups excluding carboxylic acids is 1. The number of nitrogens with one attached hydrogen (secondary N) is 1. The Labute approximate surface area is 106 Å². The summed E-state index contributed by atoms with van der Waals surface area (Å²) in [6.45, 7) is 3.74. The molecule has 1 aromatic carbocycles. The molecule has 18 heavy (non-hydrogen) atoms. The molecule has 1 aliphatic heterocycles. The molecule has 1 aromatic rings. The van der Waals surface area contributed by atoms with Gasteiger partial charge in [-0.1, -0.05) is 29.8 Å². The summed E-state index contributed by atoms with van der Waals surface area (Å²) in [5.74, 6) is 2.20. The fraction of sp³-hybridized carbons (Fsp3) is 0.133. The monoisotopic (exact) mass is 238 g/mol. The van der Waals surface area contributed by atoms with Gasteiger partial charge in [-0.2, -0.15) is 0 Å². The van der Waals surface area contributed by atoms with E-state index in [-0.39, 0.29) is 5.91 Å². The maximum Gasteiger partial charge on any atom is 0.255 e. The molecule has 3 heteroatoms. The molecule has 0 unspecified atom stereocenters. The summed E-state index contributed by atoms with van der Waals surface area (Å²) in [5, 5.41) is 7.40. The molecule has 0 aliphatic carbocycles. The smallest absolute Gasteiger partial charge is 0.255 e. The maximum absolute atomic E-state index is 12.0. The summed E-state index contributed by atoms with van der Waals surface area (Å²) in [6.07, 6.45) is 5.10. The van der Waals surface area contributed by atoms with Crippen LogP contribution in [0.2, 0.25) is 0 Å². The van der Waals surface area contributed by atoms with Gasteiger partial charge in [0.1, 0.15) is 5.70 Å². The molecular weight excluding hydrogens is 224 g/mol. The van der Waals surface area contributed by atoms with Crippen molar-refractivity contribution in [1.29, 1.82) is 5.41 Å². The van der Waals surface area contributed by atoms with E-state index in [1.807, 2.05) is 44.2 Å². The van der Waals surface area contributed by atoms with E-state index >= 15 is 0 Å². The van der Waals surface area contributed by atoms with Crippen molar-refractivity contribution in [2.45, 2.75) is 13.8 Å². The standard InChI is InChI=1S/C15H14N2O/c1-11(2)9-15(18)17-8-7-12-5-3-4-6-13(12)14(17)10-16/h3-9,16H,1-2H3. The summed E-state index contributed by atoms with van der Waals surface area (Å²) >= 11 is 0. The predicted molar refractivity (Wildman–Crippen MR) is 72.9 cm³/mol. The van der Waals surface area contributed by atoms with Gasteiger partial charge in [0.15, 0.2) is 0 Å². The van der Waals surface area contributed by atoms with Crippen LogP contribution in [-0.2, 0) is 4.79 Å². The van der Waals surface area contributed by atoms with Crippen molar-refractivity contribution in [3.05, 3.63) is 53.2 Å². The molecule has 0 bridgehead atoms. The Kier molecular flexibility index (Phi) is 3.26. The van der Waals surface area contributed by atoms with Gasteiger partial charge < -0.3 is 0 Å². The normalized spacial score (nSPS) is 12.8. The molecule has 1 heterocycles. The number of allylic oxidation sites excluding steroid dienone is 1. The van der Waals surface area contributed by atoms with Crippen LogP contribution in [0.15, 0.2) is 42.1 Å². The number of rotatable bonds is 1. The Morgan fingerprint density at radius 2 is 2.06 bits per heavy atom. The highest BCUT2D eigenvalue weighted by Gasteiger charge is 2.20. The number of fused-ring (bicyclic) bond motifs is 1. The van der Waals surface area contributed by atoms with Gasteiger partial charge >= 0.3 is 0 Å². The average Bonchev–Trinajstić information content (AvgIpc) is 2.36. The third-order valence-corrected chi connectivity index (χ3v) is 2.63. The minimum atomic E-state index is -0.157. The van der Waals surface area contributed by atoms with Gasteiger partial charge in [-0.05, 0) is 25.5 Å². The zero-order valence-electron chi connectivity index (χ0n) is 10.4. The Morgan fingerprint density at radius 3 is 2.72 bits per heavy atom. The lowest BCUT2D eigenvalue weighted by atomic mass is 10.0. The fourth-order valence-corrected chi connectivity index (χ4v) is 1.84. The van der Waals surface area contributed by atoms with Crippen molar-refractivity contribution in [1.82, 2.24) is 4.90 Å². The number of hydrogen-bond donors (Lipinski definition) is 1. The van der Waals surface area contributed by atoms with Crippen LogP contribution in [0.3, 0.4) is 0 Å². The highest BCUT2D eigenvalue weighted by molar-refractivity contribution is 6.04. The first-order valence-electron chi connectivity index (χ1n) is 5.69. The topological polar surface area (TPSA) is 44.2 Å². The molecule has 3 nitrogen and oxygen atoms in total. The number of hydrogen-bond acceptors (Lipinski definition) is 2. The molecule has 1 N–H and O–H groups in total. The van der Waals surface area contributed by atoms with Crippen molar-refractivity contribution in [2.75, 3.05) is 0 Å². The van der Waals surface area contributed by atoms with Crippen molar-refractivity contribution < 1.29 is 4.79 Å². The molecular formula is C15H14N2O. The summed E-state index contributed by atoms with van der Waals surface area (Å²) in [5.41, 5.74) is 3.26. The largest absolute Gasteiger partial charge is 0.275 e. The van der Waals surface area contributed by atoms with E-state index in [1.54, 1.807) is 12.3 Å². The number of benzene rings is 1. The molecule has 90 valence electrons. The van der Waals surface area contributed by atoms with Gasteiger partial charge in [-0.25, -0.2) is 0 Å². The number of amides is 1. The van der Waals surface area contributed by atoms with Crippen LogP contribution < -0.4 is 0 Å². The van der Waals surface area contributed by atoms with Crippen LogP contribution in [0.5, 0.6) is 0 Å². The zero-order chi connectivity index (χ0) is 13.1. The molecule has 0 fully saturated rings. The maximum atomic E-state index is 12.0.